The Morgan fingerprint density at radius 3 is 2.55 bits per heavy atom. The minimum Gasteiger partial charge on any atom is -0.497 e. The average molecular weight is 528 g/mol. The Morgan fingerprint density at radius 2 is 1.84 bits per heavy atom. The van der Waals surface area contributed by atoms with E-state index in [1.807, 2.05) is 0 Å². The normalized spacial score (nSPS) is 14.5. The lowest BCUT2D eigenvalue weighted by Crippen LogP contribution is -2.34. The number of nitrogens with one attached hydrogen (secondary N) is 1. The van der Waals surface area contributed by atoms with E-state index in [1.54, 1.807) is 32.2 Å². The van der Waals surface area contributed by atoms with Gasteiger partial charge in [0, 0.05) is 12.1 Å². The van der Waals surface area contributed by atoms with Gasteiger partial charge < -0.3 is 29.4 Å². The molecule has 0 unspecified atom stereocenters. The second-order valence-corrected chi connectivity index (χ2v) is 9.35. The largest absolute Gasteiger partial charge is 0.497 e. The average Bonchev–Trinajstić information content (AvgIpc) is 2.89. The highest BCUT2D eigenvalue weighted by Crippen LogP contribution is 2.35. The maximum absolute atomic E-state index is 14.9. The summed E-state index contributed by atoms with van der Waals surface area (Å²) in [4.78, 5) is 24.3. The van der Waals surface area contributed by atoms with Gasteiger partial charge in [0.2, 0.25) is 0 Å². The first-order chi connectivity index (χ1) is 18.0. The molecule has 1 aliphatic rings. The van der Waals surface area contributed by atoms with Crippen molar-refractivity contribution in [1.29, 1.82) is 0 Å². The van der Waals surface area contributed by atoms with Crippen molar-refractivity contribution in [2.24, 2.45) is 0 Å². The number of carboxylic acids is 1. The number of hydrogen-bond acceptors (Lipinski definition) is 6. The summed E-state index contributed by atoms with van der Waals surface area (Å²) >= 11 is 0. The maximum Gasteiger partial charge on any atom is 0.313 e. The lowest BCUT2D eigenvalue weighted by atomic mass is 9.84. The maximum atomic E-state index is 14.9. The quantitative estimate of drug-likeness (QED) is 0.419. The summed E-state index contributed by atoms with van der Waals surface area (Å²) in [5.74, 6) is -1.74. The molecular weight excluding hydrogens is 500 g/mol. The Labute approximate surface area is 218 Å². The Morgan fingerprint density at radius 1 is 1.08 bits per heavy atom. The van der Waals surface area contributed by atoms with Gasteiger partial charge in [0.25, 0.3) is 5.91 Å². The molecule has 1 atom stereocenters. The summed E-state index contributed by atoms with van der Waals surface area (Å²) in [5, 5.41) is 11.8. The molecule has 4 rings (SSSR count). The van der Waals surface area contributed by atoms with Crippen LogP contribution >= 0.6 is 0 Å². The number of aryl methyl sites for hydroxylation is 1. The van der Waals surface area contributed by atoms with E-state index in [9.17, 15) is 23.5 Å². The number of rotatable bonds is 8. The topological polar surface area (TPSA) is 103 Å². The molecule has 2 N–H and O–H groups in total. The lowest BCUT2D eigenvalue weighted by Gasteiger charge is -2.27. The standard InChI is InChI=1S/C28H27F2NO7/c1-15-9-19(26(32)31-22-10-16(5-7-20(22)29)28(2,3)27(33)34)21(30)12-24(15)36-13-18-14-37-25-11-17(35-4)6-8-23(25)38-18/h5-12,18H,13-14H2,1-4H3,(H,31,32)(H,33,34)/t18-/m1/s1. The van der Waals surface area contributed by atoms with E-state index in [4.69, 9.17) is 18.9 Å². The zero-order chi connectivity index (χ0) is 27.6. The fraction of sp³-hybridized carbons (Fsp3) is 0.286. The Hall–Kier alpha value is -4.34. The van der Waals surface area contributed by atoms with E-state index in [0.29, 0.717) is 22.8 Å². The molecule has 0 aliphatic carbocycles. The van der Waals surface area contributed by atoms with Crippen molar-refractivity contribution in [1.82, 2.24) is 0 Å². The van der Waals surface area contributed by atoms with Crippen LogP contribution in [-0.4, -0.2) is 43.4 Å². The second kappa shape index (κ2) is 10.6. The molecule has 1 heterocycles. The predicted molar refractivity (Wildman–Crippen MR) is 135 cm³/mol. The van der Waals surface area contributed by atoms with Crippen molar-refractivity contribution < 1.29 is 42.4 Å². The summed E-state index contributed by atoms with van der Waals surface area (Å²) in [7, 11) is 1.55. The monoisotopic (exact) mass is 527 g/mol. The van der Waals surface area contributed by atoms with Gasteiger partial charge in [0.05, 0.1) is 23.8 Å². The van der Waals surface area contributed by atoms with Crippen molar-refractivity contribution in [2.75, 3.05) is 25.6 Å². The van der Waals surface area contributed by atoms with Crippen molar-refractivity contribution in [3.63, 3.8) is 0 Å². The third kappa shape index (κ3) is 5.49. The van der Waals surface area contributed by atoms with Gasteiger partial charge in [-0.1, -0.05) is 6.07 Å². The summed E-state index contributed by atoms with van der Waals surface area (Å²) < 4.78 is 51.8. The molecule has 0 aromatic heterocycles. The molecule has 3 aromatic carbocycles. The first-order valence-electron chi connectivity index (χ1n) is 11.7. The molecular formula is C28H27F2NO7. The number of fused-ring (bicyclic) bond motifs is 1. The van der Waals surface area contributed by atoms with Gasteiger partial charge in [0.15, 0.2) is 17.6 Å². The number of halogens is 2. The van der Waals surface area contributed by atoms with Crippen LogP contribution in [0.4, 0.5) is 14.5 Å². The molecule has 200 valence electrons. The Bertz CT molecular complexity index is 1390. The van der Waals surface area contributed by atoms with E-state index >= 15 is 0 Å². The SMILES string of the molecule is COc1ccc2c(c1)OC[C@@H](COc1cc(F)c(C(=O)Nc3cc(C(C)(C)C(=O)O)ccc3F)cc1C)O2. The number of amides is 1. The number of carboxylic acid groups (broad SMARTS) is 1. The van der Waals surface area contributed by atoms with Crippen LogP contribution in [0.5, 0.6) is 23.0 Å². The number of benzene rings is 3. The smallest absolute Gasteiger partial charge is 0.313 e. The first-order valence-corrected chi connectivity index (χ1v) is 11.7. The third-order valence-corrected chi connectivity index (χ3v) is 6.27. The van der Waals surface area contributed by atoms with Crippen molar-refractivity contribution in [3.05, 3.63) is 76.9 Å². The fourth-order valence-corrected chi connectivity index (χ4v) is 3.80. The molecule has 1 aliphatic heterocycles. The molecule has 10 heteroatoms. The molecule has 38 heavy (non-hydrogen) atoms. The van der Waals surface area contributed by atoms with E-state index < -0.39 is 35.0 Å². The molecule has 8 nitrogen and oxygen atoms in total. The highest BCUT2D eigenvalue weighted by atomic mass is 19.1. The second-order valence-electron chi connectivity index (χ2n) is 9.35. The lowest BCUT2D eigenvalue weighted by molar-refractivity contribution is -0.142. The number of methoxy groups -OCH3 is 1. The van der Waals surface area contributed by atoms with E-state index in [2.05, 4.69) is 5.32 Å². The van der Waals surface area contributed by atoms with E-state index in [1.165, 1.54) is 32.0 Å². The molecule has 0 bridgehead atoms. The minimum atomic E-state index is -1.32. The zero-order valence-corrected chi connectivity index (χ0v) is 21.3. The summed E-state index contributed by atoms with van der Waals surface area (Å²) in [5.41, 5.74) is -1.16. The van der Waals surface area contributed by atoms with Crippen LogP contribution in [0.1, 0.15) is 35.3 Å². The van der Waals surface area contributed by atoms with Crippen molar-refractivity contribution >= 4 is 17.6 Å². The van der Waals surface area contributed by atoms with Crippen molar-refractivity contribution in [3.8, 4) is 23.0 Å². The van der Waals surface area contributed by atoms with Gasteiger partial charge in [-0.3, -0.25) is 9.59 Å². The highest BCUT2D eigenvalue weighted by Gasteiger charge is 2.30. The summed E-state index contributed by atoms with van der Waals surface area (Å²) in [6.45, 7) is 4.83. The number of anilines is 1. The molecule has 1 amide bonds. The van der Waals surface area contributed by atoms with Gasteiger partial charge in [-0.2, -0.15) is 0 Å². The fourth-order valence-electron chi connectivity index (χ4n) is 3.80. The summed E-state index contributed by atoms with van der Waals surface area (Å²) in [6.07, 6.45) is -0.452. The van der Waals surface area contributed by atoms with Gasteiger partial charge in [-0.15, -0.1) is 0 Å². The Kier molecular flexibility index (Phi) is 7.43. The van der Waals surface area contributed by atoms with Crippen LogP contribution in [0, 0.1) is 18.6 Å². The molecule has 0 radical (unpaired) electrons. The minimum absolute atomic E-state index is 0.0641. The molecule has 0 spiro atoms. The summed E-state index contributed by atoms with van der Waals surface area (Å²) in [6, 6.07) is 11.2. The van der Waals surface area contributed by atoms with Crippen LogP contribution in [0.3, 0.4) is 0 Å². The molecule has 3 aromatic rings. The number of ether oxygens (including phenoxy) is 4. The van der Waals surface area contributed by atoms with Gasteiger partial charge in [0.1, 0.15) is 36.3 Å². The van der Waals surface area contributed by atoms with Crippen LogP contribution < -0.4 is 24.3 Å². The highest BCUT2D eigenvalue weighted by molar-refractivity contribution is 6.05. The number of carbonyl (C=O) groups is 2. The van der Waals surface area contributed by atoms with Gasteiger partial charge >= 0.3 is 5.97 Å². The number of hydrogen-bond donors (Lipinski definition) is 2. The van der Waals surface area contributed by atoms with Crippen LogP contribution in [-0.2, 0) is 10.2 Å². The first kappa shape index (κ1) is 26.7. The van der Waals surface area contributed by atoms with E-state index in [0.717, 1.165) is 12.1 Å². The van der Waals surface area contributed by atoms with E-state index in [-0.39, 0.29) is 35.8 Å². The predicted octanol–water partition coefficient (Wildman–Crippen LogP) is 5.12. The van der Waals surface area contributed by atoms with Crippen molar-refractivity contribution in [2.45, 2.75) is 32.3 Å². The Balaban J connectivity index is 1.44. The third-order valence-electron chi connectivity index (χ3n) is 6.27. The molecule has 0 saturated heterocycles. The van der Waals surface area contributed by atoms with Crippen LogP contribution in [0.25, 0.3) is 0 Å². The van der Waals surface area contributed by atoms with Crippen LogP contribution in [0.2, 0.25) is 0 Å². The molecule has 0 saturated carbocycles. The number of carbonyl (C=O) groups excluding carboxylic acids is 1. The molecule has 0 fully saturated rings. The van der Waals surface area contributed by atoms with Crippen LogP contribution in [0.15, 0.2) is 48.5 Å². The number of aliphatic carboxylic acids is 1. The van der Waals surface area contributed by atoms with Gasteiger partial charge in [-0.05, 0) is 62.2 Å². The van der Waals surface area contributed by atoms with Gasteiger partial charge in [-0.25, -0.2) is 8.78 Å². The zero-order valence-electron chi connectivity index (χ0n) is 21.3.